The second-order valence-corrected chi connectivity index (χ2v) is 10.0. The Morgan fingerprint density at radius 1 is 0.756 bits per heavy atom. The van der Waals surface area contributed by atoms with E-state index >= 15 is 0 Å². The Bertz CT molecular complexity index is 2150. The largest absolute Gasteiger partial charge is 0.481 e. The molecule has 0 saturated heterocycles. The van der Waals surface area contributed by atoms with Gasteiger partial charge in [-0.15, -0.1) is 0 Å². The van der Waals surface area contributed by atoms with E-state index in [-0.39, 0.29) is 47.2 Å². The van der Waals surface area contributed by atoms with Crippen LogP contribution < -0.4 is 20.6 Å². The predicted molar refractivity (Wildman–Crippen MR) is 168 cm³/mol. The Morgan fingerprint density at radius 2 is 1.24 bits per heavy atom. The zero-order chi connectivity index (χ0) is 31.8. The van der Waals surface area contributed by atoms with Crippen LogP contribution in [0.4, 0.5) is 0 Å². The number of hydrogen-bond acceptors (Lipinski definition) is 9. The summed E-state index contributed by atoms with van der Waals surface area (Å²) in [6.45, 7) is 4.21. The molecule has 4 aromatic heterocycles. The van der Waals surface area contributed by atoms with E-state index < -0.39 is 0 Å². The first kappa shape index (κ1) is 30.2. The molecule has 6 aromatic rings. The van der Waals surface area contributed by atoms with E-state index in [9.17, 15) is 14.9 Å². The lowest BCUT2D eigenvalue weighted by atomic mass is 10.2. The predicted octanol–water partition coefficient (Wildman–Crippen LogP) is 4.84. The average Bonchev–Trinajstić information content (AvgIpc) is 3.06. The van der Waals surface area contributed by atoms with Gasteiger partial charge < -0.3 is 14.7 Å². The standard InChI is InChI=1S/C17H15N3O3.C17H13N3O2/c1-12-7-8-15-19-14(9-18-22)16(17(21)20(15)10-12)23-11-13-5-3-2-4-6-13;1-12-7-8-15-19-14(9-18)16(17(21)20(15)10-12)22-11-13-5-3-2-4-6-13/h2-10,22H,11H2,1H3;2-8,10H,11H2,1H3/b18-9+;. The van der Waals surface area contributed by atoms with Crippen LogP contribution in [-0.2, 0) is 13.2 Å². The first-order chi connectivity index (χ1) is 21.9. The maximum absolute atomic E-state index is 12.7. The Morgan fingerprint density at radius 3 is 1.76 bits per heavy atom. The van der Waals surface area contributed by atoms with Crippen LogP contribution in [0.3, 0.4) is 0 Å². The number of rotatable bonds is 7. The van der Waals surface area contributed by atoms with Crippen LogP contribution in [0.15, 0.2) is 112 Å². The smallest absolute Gasteiger partial charge is 0.301 e. The molecule has 0 radical (unpaired) electrons. The number of oxime groups is 1. The number of aryl methyl sites for hydroxylation is 2. The van der Waals surface area contributed by atoms with Gasteiger partial charge in [0.15, 0.2) is 5.69 Å². The first-order valence-electron chi connectivity index (χ1n) is 13.8. The van der Waals surface area contributed by atoms with Gasteiger partial charge in [0.1, 0.15) is 36.3 Å². The topological polar surface area (TPSA) is 144 Å². The lowest BCUT2D eigenvalue weighted by Gasteiger charge is -2.10. The second kappa shape index (κ2) is 13.8. The van der Waals surface area contributed by atoms with Crippen molar-refractivity contribution in [2.75, 3.05) is 0 Å². The Kier molecular flexibility index (Phi) is 9.25. The molecular weight excluding hydrogens is 572 g/mol. The molecule has 0 spiro atoms. The molecule has 0 aliphatic heterocycles. The summed E-state index contributed by atoms with van der Waals surface area (Å²) in [5.74, 6) is 0.0317. The summed E-state index contributed by atoms with van der Waals surface area (Å²) in [4.78, 5) is 33.7. The highest BCUT2D eigenvalue weighted by Gasteiger charge is 2.15. The van der Waals surface area contributed by atoms with Crippen LogP contribution in [0.2, 0.25) is 0 Å². The van der Waals surface area contributed by atoms with Crippen LogP contribution in [0.25, 0.3) is 11.3 Å². The van der Waals surface area contributed by atoms with Crippen molar-refractivity contribution in [1.82, 2.24) is 18.8 Å². The van der Waals surface area contributed by atoms with Gasteiger partial charge in [-0.2, -0.15) is 5.26 Å². The molecule has 6 rings (SSSR count). The average molecular weight is 601 g/mol. The fraction of sp³-hybridized carbons (Fsp3) is 0.118. The molecule has 0 atom stereocenters. The maximum atomic E-state index is 12.7. The quantitative estimate of drug-likeness (QED) is 0.156. The van der Waals surface area contributed by atoms with E-state index in [1.54, 1.807) is 24.5 Å². The highest BCUT2D eigenvalue weighted by atomic mass is 16.5. The molecule has 45 heavy (non-hydrogen) atoms. The van der Waals surface area contributed by atoms with E-state index in [1.807, 2.05) is 92.7 Å². The van der Waals surface area contributed by atoms with Crippen LogP contribution in [-0.4, -0.2) is 30.2 Å². The highest BCUT2D eigenvalue weighted by molar-refractivity contribution is 5.81. The number of aromatic nitrogens is 4. The lowest BCUT2D eigenvalue weighted by molar-refractivity contribution is 0.298. The van der Waals surface area contributed by atoms with Crippen molar-refractivity contribution in [2.24, 2.45) is 5.16 Å². The third kappa shape index (κ3) is 7.03. The summed E-state index contributed by atoms with van der Waals surface area (Å²) in [5.41, 5.74) is 4.07. The minimum atomic E-state index is -0.374. The molecule has 11 heteroatoms. The molecule has 0 aliphatic rings. The molecule has 0 aliphatic carbocycles. The third-order valence-electron chi connectivity index (χ3n) is 6.62. The van der Waals surface area contributed by atoms with Crippen LogP contribution in [0, 0.1) is 25.2 Å². The number of pyridine rings is 2. The normalized spacial score (nSPS) is 10.8. The zero-order valence-electron chi connectivity index (χ0n) is 24.5. The molecule has 0 saturated carbocycles. The summed E-state index contributed by atoms with van der Waals surface area (Å²) in [5, 5.41) is 21.0. The van der Waals surface area contributed by atoms with E-state index in [0.29, 0.717) is 11.3 Å². The molecular formula is C34H28N6O5. The van der Waals surface area contributed by atoms with Gasteiger partial charge in [0.25, 0.3) is 0 Å². The second-order valence-electron chi connectivity index (χ2n) is 10.0. The van der Waals surface area contributed by atoms with E-state index in [0.717, 1.165) is 28.5 Å². The van der Waals surface area contributed by atoms with Gasteiger partial charge in [-0.1, -0.05) is 78.0 Å². The summed E-state index contributed by atoms with van der Waals surface area (Å²) in [6.07, 6.45) is 4.47. The van der Waals surface area contributed by atoms with Gasteiger partial charge >= 0.3 is 11.1 Å². The van der Waals surface area contributed by atoms with Crippen molar-refractivity contribution < 1.29 is 14.7 Å². The summed E-state index contributed by atoms with van der Waals surface area (Å²) in [7, 11) is 0. The zero-order valence-corrected chi connectivity index (χ0v) is 24.5. The summed E-state index contributed by atoms with van der Waals surface area (Å²) < 4.78 is 14.1. The number of benzene rings is 2. The van der Waals surface area contributed by atoms with Crippen molar-refractivity contribution in [3.05, 3.63) is 152 Å². The van der Waals surface area contributed by atoms with Gasteiger partial charge in [-0.05, 0) is 48.2 Å². The fourth-order valence-corrected chi connectivity index (χ4v) is 4.42. The van der Waals surface area contributed by atoms with E-state index in [4.69, 9.17) is 14.7 Å². The minimum Gasteiger partial charge on any atom is -0.481 e. The molecule has 0 amide bonds. The first-order valence-corrected chi connectivity index (χ1v) is 13.8. The monoisotopic (exact) mass is 600 g/mol. The third-order valence-corrected chi connectivity index (χ3v) is 6.62. The van der Waals surface area contributed by atoms with Gasteiger partial charge in [-0.3, -0.25) is 18.4 Å². The fourth-order valence-electron chi connectivity index (χ4n) is 4.42. The van der Waals surface area contributed by atoms with Crippen molar-refractivity contribution in [3.8, 4) is 17.6 Å². The highest BCUT2D eigenvalue weighted by Crippen LogP contribution is 2.15. The van der Waals surface area contributed by atoms with Crippen molar-refractivity contribution >= 4 is 17.5 Å². The van der Waals surface area contributed by atoms with Crippen molar-refractivity contribution in [2.45, 2.75) is 27.1 Å². The molecule has 0 unspecified atom stereocenters. The SMILES string of the molecule is Cc1ccc2nc(/C=N/O)c(OCc3ccccc3)c(=O)n2c1.Cc1ccc2nc(C#N)c(OCc3ccccc3)c(=O)n2c1. The van der Waals surface area contributed by atoms with Crippen LogP contribution in [0.1, 0.15) is 33.6 Å². The number of nitriles is 1. The number of hydrogen-bond donors (Lipinski definition) is 1. The number of ether oxygens (including phenoxy) is 2. The number of fused-ring (bicyclic) bond motifs is 2. The van der Waals surface area contributed by atoms with Crippen molar-refractivity contribution in [1.29, 1.82) is 5.26 Å². The van der Waals surface area contributed by atoms with Gasteiger partial charge in [0.05, 0.1) is 6.21 Å². The molecule has 4 heterocycles. The van der Waals surface area contributed by atoms with Crippen LogP contribution >= 0.6 is 0 Å². The maximum Gasteiger partial charge on any atom is 0.301 e. The molecule has 2 aromatic carbocycles. The van der Waals surface area contributed by atoms with E-state index in [2.05, 4.69) is 15.1 Å². The molecule has 11 nitrogen and oxygen atoms in total. The summed E-state index contributed by atoms with van der Waals surface area (Å²) in [6, 6.07) is 28.0. The Hall–Kier alpha value is -6.28. The van der Waals surface area contributed by atoms with Gasteiger partial charge in [0, 0.05) is 12.4 Å². The Balaban J connectivity index is 0.000000178. The summed E-state index contributed by atoms with van der Waals surface area (Å²) >= 11 is 0. The van der Waals surface area contributed by atoms with E-state index in [1.165, 1.54) is 8.80 Å². The molecule has 0 fully saturated rings. The Labute approximate surface area is 257 Å². The lowest BCUT2D eigenvalue weighted by Crippen LogP contribution is -2.20. The molecule has 1 N–H and O–H groups in total. The van der Waals surface area contributed by atoms with Crippen LogP contribution in [0.5, 0.6) is 11.5 Å². The molecule has 0 bridgehead atoms. The molecule has 224 valence electrons. The van der Waals surface area contributed by atoms with Crippen molar-refractivity contribution in [3.63, 3.8) is 0 Å². The van der Waals surface area contributed by atoms with Gasteiger partial charge in [-0.25, -0.2) is 9.97 Å². The minimum absolute atomic E-state index is 0.00443. The number of nitrogens with zero attached hydrogens (tertiary/aromatic N) is 6. The van der Waals surface area contributed by atoms with Gasteiger partial charge in [0.2, 0.25) is 11.5 Å².